The third kappa shape index (κ3) is 5.03. The van der Waals surface area contributed by atoms with E-state index in [2.05, 4.69) is 15.0 Å². The summed E-state index contributed by atoms with van der Waals surface area (Å²) in [7, 11) is -1.92. The maximum Gasteiger partial charge on any atom is 0.251 e. The first-order valence-corrected chi connectivity index (χ1v) is 10.2. The molecule has 1 amide bonds. The van der Waals surface area contributed by atoms with E-state index in [-0.39, 0.29) is 11.7 Å². The second kappa shape index (κ2) is 8.04. The zero-order valence-corrected chi connectivity index (χ0v) is 16.1. The van der Waals surface area contributed by atoms with Crippen molar-refractivity contribution in [2.24, 2.45) is 0 Å². The Kier molecular flexibility index (Phi) is 5.74. The molecule has 0 saturated carbocycles. The molecule has 2 aromatic carbocycles. The molecule has 3 rings (SSSR count). The van der Waals surface area contributed by atoms with Crippen molar-refractivity contribution >= 4 is 38.4 Å². The van der Waals surface area contributed by atoms with Gasteiger partial charge < -0.3 is 5.32 Å². The maximum absolute atomic E-state index is 12.4. The van der Waals surface area contributed by atoms with E-state index in [1.54, 1.807) is 48.5 Å². The lowest BCUT2D eigenvalue weighted by Crippen LogP contribution is -2.23. The monoisotopic (exact) mass is 403 g/mol. The van der Waals surface area contributed by atoms with Crippen molar-refractivity contribution in [3.63, 3.8) is 0 Å². The van der Waals surface area contributed by atoms with Crippen LogP contribution in [0.3, 0.4) is 0 Å². The molecule has 8 heteroatoms. The van der Waals surface area contributed by atoms with Crippen LogP contribution in [0.4, 0.5) is 0 Å². The molecule has 3 aromatic rings. The molecule has 0 spiro atoms. The van der Waals surface area contributed by atoms with Gasteiger partial charge in [0.25, 0.3) is 5.91 Å². The molecule has 1 heterocycles. The molecule has 140 valence electrons. The fourth-order valence-corrected chi connectivity index (χ4v) is 3.50. The van der Waals surface area contributed by atoms with E-state index in [1.807, 2.05) is 6.07 Å². The Labute approximate surface area is 162 Å². The lowest BCUT2D eigenvalue weighted by atomic mass is 10.1. The molecule has 0 aliphatic carbocycles. The number of hydrogen-bond acceptors (Lipinski definition) is 4. The topological polar surface area (TPSA) is 88.2 Å². The number of fused-ring (bicyclic) bond motifs is 1. The van der Waals surface area contributed by atoms with Crippen molar-refractivity contribution in [3.05, 3.63) is 76.4 Å². The number of pyridine rings is 1. The number of aromatic nitrogens is 1. The number of rotatable bonds is 6. The summed E-state index contributed by atoms with van der Waals surface area (Å²) < 4.78 is 25.4. The van der Waals surface area contributed by atoms with Gasteiger partial charge in [0, 0.05) is 17.5 Å². The lowest BCUT2D eigenvalue weighted by molar-refractivity contribution is 0.0951. The van der Waals surface area contributed by atoms with Gasteiger partial charge in [-0.1, -0.05) is 35.9 Å². The van der Waals surface area contributed by atoms with Crippen LogP contribution in [-0.4, -0.2) is 26.4 Å². The Balaban J connectivity index is 1.64. The van der Waals surface area contributed by atoms with Gasteiger partial charge in [-0.05, 0) is 48.5 Å². The zero-order valence-electron chi connectivity index (χ0n) is 14.6. The van der Waals surface area contributed by atoms with Gasteiger partial charge in [-0.2, -0.15) is 0 Å². The highest BCUT2D eigenvalue weighted by Crippen LogP contribution is 2.17. The molecule has 2 N–H and O–H groups in total. The van der Waals surface area contributed by atoms with Crippen LogP contribution < -0.4 is 10.0 Å². The summed E-state index contributed by atoms with van der Waals surface area (Å²) in [6.45, 7) is 0.342. The van der Waals surface area contributed by atoms with Crippen LogP contribution in [0.15, 0.2) is 54.6 Å². The minimum absolute atomic E-state index is 0.0781. The molecule has 1 aromatic heterocycles. The zero-order chi connectivity index (χ0) is 19.4. The van der Waals surface area contributed by atoms with E-state index >= 15 is 0 Å². The van der Waals surface area contributed by atoms with Gasteiger partial charge in [-0.3, -0.25) is 4.79 Å². The van der Waals surface area contributed by atoms with Crippen LogP contribution in [0.2, 0.25) is 5.15 Å². The van der Waals surface area contributed by atoms with E-state index in [0.717, 1.165) is 16.5 Å². The van der Waals surface area contributed by atoms with Crippen LogP contribution in [0.5, 0.6) is 0 Å². The van der Waals surface area contributed by atoms with Crippen molar-refractivity contribution in [2.45, 2.75) is 12.3 Å². The van der Waals surface area contributed by atoms with E-state index in [9.17, 15) is 13.2 Å². The molecular formula is C19H18ClN3O3S. The van der Waals surface area contributed by atoms with E-state index in [4.69, 9.17) is 11.6 Å². The normalized spacial score (nSPS) is 11.5. The van der Waals surface area contributed by atoms with Crippen molar-refractivity contribution in [2.75, 3.05) is 7.05 Å². The van der Waals surface area contributed by atoms with E-state index in [1.165, 1.54) is 7.05 Å². The molecular weight excluding hydrogens is 386 g/mol. The fraction of sp³-hybridized carbons (Fsp3) is 0.158. The summed E-state index contributed by atoms with van der Waals surface area (Å²) in [6, 6.07) is 15.8. The molecule has 0 aliphatic rings. The van der Waals surface area contributed by atoms with Gasteiger partial charge >= 0.3 is 0 Å². The summed E-state index contributed by atoms with van der Waals surface area (Å²) in [5.74, 6) is -0.278. The largest absolute Gasteiger partial charge is 0.348 e. The summed E-state index contributed by atoms with van der Waals surface area (Å²) in [5.41, 5.74) is 2.82. The number of sulfonamides is 1. The molecule has 0 bridgehead atoms. The number of carbonyl (C=O) groups is 1. The molecule has 0 fully saturated rings. The first-order valence-electron chi connectivity index (χ1n) is 8.20. The molecule has 6 nitrogen and oxygen atoms in total. The van der Waals surface area contributed by atoms with Gasteiger partial charge in [0.05, 0.1) is 11.3 Å². The van der Waals surface area contributed by atoms with Crippen LogP contribution in [0, 0.1) is 0 Å². The number of nitrogens with one attached hydrogen (secondary N) is 2. The molecule has 0 atom stereocenters. The first kappa shape index (κ1) is 19.3. The number of nitrogens with zero attached hydrogens (tertiary/aromatic N) is 1. The predicted molar refractivity (Wildman–Crippen MR) is 106 cm³/mol. The summed E-state index contributed by atoms with van der Waals surface area (Å²) in [5, 5.41) is 4.10. The van der Waals surface area contributed by atoms with Crippen LogP contribution in [0.1, 0.15) is 21.5 Å². The van der Waals surface area contributed by atoms with Gasteiger partial charge in [-0.15, -0.1) is 0 Å². The van der Waals surface area contributed by atoms with Crippen LogP contribution >= 0.6 is 11.6 Å². The molecule has 0 radical (unpaired) electrons. The highest BCUT2D eigenvalue weighted by molar-refractivity contribution is 7.88. The van der Waals surface area contributed by atoms with Gasteiger partial charge in [-0.25, -0.2) is 18.1 Å². The fourth-order valence-electron chi connectivity index (χ4n) is 2.57. The molecule has 0 saturated heterocycles. The van der Waals surface area contributed by atoms with E-state index < -0.39 is 10.0 Å². The number of carbonyl (C=O) groups excluding carboxylic acids is 1. The Morgan fingerprint density at radius 1 is 1.04 bits per heavy atom. The Bertz CT molecular complexity index is 1080. The van der Waals surface area contributed by atoms with Crippen molar-refractivity contribution in [1.82, 2.24) is 15.0 Å². The van der Waals surface area contributed by atoms with Gasteiger partial charge in [0.1, 0.15) is 5.15 Å². The van der Waals surface area contributed by atoms with Crippen molar-refractivity contribution in [3.8, 4) is 0 Å². The minimum atomic E-state index is -3.30. The Hall–Kier alpha value is -2.48. The maximum atomic E-state index is 12.4. The SMILES string of the molecule is CNS(=O)(=O)Cc1ccc(CNC(=O)c2ccc3nc(Cl)ccc3c2)cc1. The van der Waals surface area contributed by atoms with Gasteiger partial charge in [0.15, 0.2) is 0 Å². The number of amides is 1. The highest BCUT2D eigenvalue weighted by atomic mass is 35.5. The average molecular weight is 404 g/mol. The number of hydrogen-bond donors (Lipinski definition) is 2. The lowest BCUT2D eigenvalue weighted by Gasteiger charge is -2.08. The number of benzene rings is 2. The first-order chi connectivity index (χ1) is 12.9. The quantitative estimate of drug-likeness (QED) is 0.619. The number of halogens is 1. The molecule has 0 unspecified atom stereocenters. The average Bonchev–Trinajstić information content (AvgIpc) is 2.66. The van der Waals surface area contributed by atoms with Crippen LogP contribution in [-0.2, 0) is 22.3 Å². The van der Waals surface area contributed by atoms with Crippen molar-refractivity contribution < 1.29 is 13.2 Å². The predicted octanol–water partition coefficient (Wildman–Crippen LogP) is 2.87. The Morgan fingerprint density at radius 3 is 2.44 bits per heavy atom. The van der Waals surface area contributed by atoms with Crippen LogP contribution in [0.25, 0.3) is 10.9 Å². The summed E-state index contributed by atoms with van der Waals surface area (Å²) >= 11 is 5.87. The second-order valence-corrected chi connectivity index (χ2v) is 8.32. The standard InChI is InChI=1S/C19H18ClN3O3S/c1-21-27(25,26)12-14-4-2-13(3-5-14)11-22-19(24)16-6-8-17-15(10-16)7-9-18(20)23-17/h2-10,21H,11-12H2,1H3,(H,22,24). The van der Waals surface area contributed by atoms with Gasteiger partial charge in [0.2, 0.25) is 10.0 Å². The smallest absolute Gasteiger partial charge is 0.251 e. The molecule has 27 heavy (non-hydrogen) atoms. The second-order valence-electron chi connectivity index (χ2n) is 6.00. The van der Waals surface area contributed by atoms with Crippen molar-refractivity contribution in [1.29, 1.82) is 0 Å². The minimum Gasteiger partial charge on any atom is -0.348 e. The third-order valence-corrected chi connectivity index (χ3v) is 5.61. The summed E-state index contributed by atoms with van der Waals surface area (Å²) in [4.78, 5) is 16.6. The molecule has 0 aliphatic heterocycles. The summed E-state index contributed by atoms with van der Waals surface area (Å²) in [6.07, 6.45) is 0. The van der Waals surface area contributed by atoms with E-state index in [0.29, 0.717) is 22.8 Å². The Morgan fingerprint density at radius 2 is 1.74 bits per heavy atom. The third-order valence-electron chi connectivity index (χ3n) is 4.06. The highest BCUT2D eigenvalue weighted by Gasteiger charge is 2.09.